The van der Waals surface area contributed by atoms with E-state index in [1.54, 1.807) is 0 Å². The number of nitrogens with zero attached hydrogens (tertiary/aromatic N) is 1. The van der Waals surface area contributed by atoms with Crippen LogP contribution in [0.15, 0.2) is 29.3 Å². The highest BCUT2D eigenvalue weighted by molar-refractivity contribution is 7.91. The fourth-order valence-electron chi connectivity index (χ4n) is 1.52. The van der Waals surface area contributed by atoms with Gasteiger partial charge < -0.3 is 5.32 Å². The predicted molar refractivity (Wildman–Crippen MR) is 74.0 cm³/mol. The van der Waals surface area contributed by atoms with Crippen LogP contribution in [0.3, 0.4) is 0 Å². The Hall–Kier alpha value is -1.32. The van der Waals surface area contributed by atoms with Gasteiger partial charge in [0.25, 0.3) is 0 Å². The van der Waals surface area contributed by atoms with Gasteiger partial charge in [0.15, 0.2) is 4.47 Å². The standard InChI is InChI=1S/C11H8ClF3N2O2S2/c12-10-17-5-7(20-10)4-16-8-2-1-6(13)3-9(8)21(18,19)11(14)15/h1-3,5,11,16H,4H2. The summed E-state index contributed by atoms with van der Waals surface area (Å²) >= 11 is 6.79. The number of alkyl halides is 2. The Morgan fingerprint density at radius 2 is 2.10 bits per heavy atom. The van der Waals surface area contributed by atoms with Crippen LogP contribution >= 0.6 is 22.9 Å². The van der Waals surface area contributed by atoms with Gasteiger partial charge in [0, 0.05) is 11.1 Å². The number of anilines is 1. The molecular formula is C11H8ClF3N2O2S2. The van der Waals surface area contributed by atoms with Crippen LogP contribution in [0.4, 0.5) is 18.9 Å². The average molecular weight is 357 g/mol. The van der Waals surface area contributed by atoms with E-state index in [2.05, 4.69) is 10.3 Å². The van der Waals surface area contributed by atoms with Crippen LogP contribution in [0.1, 0.15) is 4.88 Å². The van der Waals surface area contributed by atoms with E-state index in [9.17, 15) is 21.6 Å². The van der Waals surface area contributed by atoms with Gasteiger partial charge >= 0.3 is 5.76 Å². The van der Waals surface area contributed by atoms with E-state index in [-0.39, 0.29) is 12.2 Å². The zero-order valence-electron chi connectivity index (χ0n) is 10.2. The number of rotatable bonds is 5. The molecule has 0 aliphatic carbocycles. The lowest BCUT2D eigenvalue weighted by atomic mass is 10.3. The van der Waals surface area contributed by atoms with Crippen LogP contribution in [0.5, 0.6) is 0 Å². The SMILES string of the molecule is O=S(=O)(c1cc(F)ccc1NCc1cnc(Cl)s1)C(F)F. The highest BCUT2D eigenvalue weighted by Crippen LogP contribution is 2.28. The molecule has 114 valence electrons. The summed E-state index contributed by atoms with van der Waals surface area (Å²) in [6, 6.07) is 2.63. The Labute approximate surface area is 127 Å². The summed E-state index contributed by atoms with van der Waals surface area (Å²) in [5.74, 6) is -4.54. The van der Waals surface area contributed by atoms with E-state index in [0.717, 1.165) is 23.5 Å². The van der Waals surface area contributed by atoms with E-state index in [0.29, 0.717) is 15.4 Å². The number of hydrogen-bond donors (Lipinski definition) is 1. The molecule has 0 radical (unpaired) electrons. The fraction of sp³-hybridized carbons (Fsp3) is 0.182. The summed E-state index contributed by atoms with van der Waals surface area (Å²) in [5, 5.41) is 2.66. The van der Waals surface area contributed by atoms with E-state index in [1.807, 2.05) is 0 Å². The van der Waals surface area contributed by atoms with E-state index in [1.165, 1.54) is 6.20 Å². The molecule has 2 rings (SSSR count). The van der Waals surface area contributed by atoms with Crippen LogP contribution in [-0.2, 0) is 16.4 Å². The first-order valence-electron chi connectivity index (χ1n) is 5.46. The first kappa shape index (κ1) is 16.1. The average Bonchev–Trinajstić information content (AvgIpc) is 2.83. The maximum Gasteiger partial charge on any atom is 0.341 e. The third kappa shape index (κ3) is 3.66. The number of hydrogen-bond acceptors (Lipinski definition) is 5. The number of nitrogens with one attached hydrogen (secondary N) is 1. The Morgan fingerprint density at radius 1 is 1.38 bits per heavy atom. The van der Waals surface area contributed by atoms with Gasteiger partial charge in [0.05, 0.1) is 17.1 Å². The van der Waals surface area contributed by atoms with Crippen molar-refractivity contribution < 1.29 is 21.6 Å². The smallest absolute Gasteiger partial charge is 0.341 e. The van der Waals surface area contributed by atoms with Crippen LogP contribution in [0.25, 0.3) is 0 Å². The molecule has 0 amide bonds. The van der Waals surface area contributed by atoms with Crippen molar-refractivity contribution in [3.63, 3.8) is 0 Å². The summed E-state index contributed by atoms with van der Waals surface area (Å²) in [5.41, 5.74) is -0.110. The van der Waals surface area contributed by atoms with Gasteiger partial charge in [-0.2, -0.15) is 8.78 Å². The van der Waals surface area contributed by atoms with Gasteiger partial charge in [-0.1, -0.05) is 11.6 Å². The Bertz CT molecular complexity index is 750. The molecule has 0 atom stereocenters. The molecule has 1 heterocycles. The van der Waals surface area contributed by atoms with Crippen molar-refractivity contribution in [3.05, 3.63) is 39.6 Å². The van der Waals surface area contributed by atoms with Crippen molar-refractivity contribution in [2.75, 3.05) is 5.32 Å². The predicted octanol–water partition coefficient (Wildman–Crippen LogP) is 3.54. The van der Waals surface area contributed by atoms with Crippen molar-refractivity contribution >= 4 is 38.5 Å². The second kappa shape index (κ2) is 6.20. The lowest BCUT2D eigenvalue weighted by Crippen LogP contribution is -2.14. The van der Waals surface area contributed by atoms with Gasteiger partial charge in [-0.15, -0.1) is 11.3 Å². The van der Waals surface area contributed by atoms with E-state index >= 15 is 0 Å². The van der Waals surface area contributed by atoms with Gasteiger partial charge in [0.1, 0.15) is 5.82 Å². The normalized spacial score (nSPS) is 11.9. The topological polar surface area (TPSA) is 59.1 Å². The molecule has 0 saturated carbocycles. The van der Waals surface area contributed by atoms with E-state index < -0.39 is 26.3 Å². The number of halogens is 4. The van der Waals surface area contributed by atoms with Crippen molar-refractivity contribution in [1.29, 1.82) is 0 Å². The molecule has 1 aromatic carbocycles. The molecule has 1 N–H and O–H groups in total. The monoisotopic (exact) mass is 356 g/mol. The molecule has 0 unspecified atom stereocenters. The molecule has 0 aliphatic rings. The van der Waals surface area contributed by atoms with Crippen molar-refractivity contribution in [3.8, 4) is 0 Å². The first-order valence-corrected chi connectivity index (χ1v) is 8.20. The lowest BCUT2D eigenvalue weighted by Gasteiger charge is -2.11. The highest BCUT2D eigenvalue weighted by atomic mass is 35.5. The minimum atomic E-state index is -4.90. The molecule has 0 fully saturated rings. The summed E-state index contributed by atoms with van der Waals surface area (Å²) in [6.45, 7) is 0.127. The second-order valence-electron chi connectivity index (χ2n) is 3.88. The van der Waals surface area contributed by atoms with Gasteiger partial charge in [-0.05, 0) is 18.2 Å². The summed E-state index contributed by atoms with van der Waals surface area (Å²) in [7, 11) is -4.90. The highest BCUT2D eigenvalue weighted by Gasteiger charge is 2.29. The third-order valence-corrected chi connectivity index (χ3v) is 5.00. The Kier molecular flexibility index (Phi) is 4.74. The van der Waals surface area contributed by atoms with Crippen LogP contribution in [0, 0.1) is 5.82 Å². The number of benzene rings is 1. The van der Waals surface area contributed by atoms with Crippen LogP contribution in [0.2, 0.25) is 4.47 Å². The number of thiazole rings is 1. The number of aromatic nitrogens is 1. The molecule has 1 aromatic heterocycles. The molecule has 0 aliphatic heterocycles. The zero-order valence-corrected chi connectivity index (χ0v) is 12.6. The third-order valence-electron chi connectivity index (χ3n) is 2.46. The molecule has 10 heteroatoms. The summed E-state index contributed by atoms with van der Waals surface area (Å²) < 4.78 is 61.7. The summed E-state index contributed by atoms with van der Waals surface area (Å²) in [6.07, 6.45) is 1.46. The number of sulfone groups is 1. The quantitative estimate of drug-likeness (QED) is 0.890. The van der Waals surface area contributed by atoms with Gasteiger partial charge in [-0.3, -0.25) is 0 Å². The maximum absolute atomic E-state index is 13.1. The molecule has 0 saturated heterocycles. The van der Waals surface area contributed by atoms with E-state index in [4.69, 9.17) is 11.6 Å². The second-order valence-corrected chi connectivity index (χ2v) is 7.46. The molecule has 4 nitrogen and oxygen atoms in total. The van der Waals surface area contributed by atoms with Crippen molar-refractivity contribution in [2.45, 2.75) is 17.2 Å². The molecule has 0 spiro atoms. The maximum atomic E-state index is 13.1. The molecule has 2 aromatic rings. The zero-order chi connectivity index (χ0) is 15.6. The van der Waals surface area contributed by atoms with Gasteiger partial charge in [0.2, 0.25) is 9.84 Å². The van der Waals surface area contributed by atoms with Crippen molar-refractivity contribution in [1.82, 2.24) is 4.98 Å². The van der Waals surface area contributed by atoms with Crippen molar-refractivity contribution in [2.24, 2.45) is 0 Å². The molecular weight excluding hydrogens is 349 g/mol. The van der Waals surface area contributed by atoms with Gasteiger partial charge in [-0.25, -0.2) is 17.8 Å². The first-order chi connectivity index (χ1) is 9.80. The fourth-order valence-corrected chi connectivity index (χ4v) is 3.35. The lowest BCUT2D eigenvalue weighted by molar-refractivity contribution is 0.235. The minimum Gasteiger partial charge on any atom is -0.379 e. The Balaban J connectivity index is 2.31. The summed E-state index contributed by atoms with van der Waals surface area (Å²) in [4.78, 5) is 3.68. The largest absolute Gasteiger partial charge is 0.379 e. The Morgan fingerprint density at radius 3 is 2.67 bits per heavy atom. The van der Waals surface area contributed by atoms with Crippen LogP contribution < -0.4 is 5.32 Å². The van der Waals surface area contributed by atoms with Crippen LogP contribution in [-0.4, -0.2) is 19.2 Å². The minimum absolute atomic E-state index is 0.110. The molecule has 21 heavy (non-hydrogen) atoms. The molecule has 0 bridgehead atoms.